The van der Waals surface area contributed by atoms with Crippen molar-refractivity contribution < 1.29 is 21.6 Å². The van der Waals surface area contributed by atoms with E-state index < -0.39 is 20.2 Å². The lowest BCUT2D eigenvalue weighted by Gasteiger charge is -2.15. The topological polar surface area (TPSA) is 46.2 Å². The zero-order valence-electron chi connectivity index (χ0n) is 11.1. The van der Waals surface area contributed by atoms with Gasteiger partial charge in [0.05, 0.1) is 10.6 Å². The molecule has 1 aromatic rings. The number of rotatable bonds is 6. The first-order chi connectivity index (χ1) is 9.20. The number of benzene rings is 1. The molecule has 3 nitrogen and oxygen atoms in total. The third-order valence-corrected chi connectivity index (χ3v) is 5.33. The molecule has 1 N–H and O–H groups in total. The SMILES string of the molecule is CSC(C)CCNc1ccccc1S(=O)(=O)C(F)(F)F. The number of para-hydroxylation sites is 1. The normalized spacial score (nSPS) is 14.1. The van der Waals surface area contributed by atoms with Crippen LogP contribution in [0, 0.1) is 0 Å². The van der Waals surface area contributed by atoms with Crippen molar-refractivity contribution in [2.24, 2.45) is 0 Å². The molecule has 0 fully saturated rings. The van der Waals surface area contributed by atoms with Gasteiger partial charge in [0.2, 0.25) is 0 Å². The number of anilines is 1. The molecule has 0 saturated carbocycles. The average molecular weight is 327 g/mol. The number of nitrogens with one attached hydrogen (secondary N) is 1. The monoisotopic (exact) mass is 327 g/mol. The molecule has 0 amide bonds. The molecule has 0 aliphatic heterocycles. The molecule has 0 radical (unpaired) electrons. The number of thioether (sulfide) groups is 1. The van der Waals surface area contributed by atoms with Gasteiger partial charge in [-0.2, -0.15) is 24.9 Å². The summed E-state index contributed by atoms with van der Waals surface area (Å²) in [4.78, 5) is -0.732. The van der Waals surface area contributed by atoms with Crippen LogP contribution in [-0.4, -0.2) is 32.0 Å². The minimum atomic E-state index is -5.33. The molecule has 0 aliphatic carbocycles. The maximum absolute atomic E-state index is 12.6. The van der Waals surface area contributed by atoms with Crippen LogP contribution in [0.5, 0.6) is 0 Å². The number of hydrogen-bond acceptors (Lipinski definition) is 4. The minimum absolute atomic E-state index is 0.0156. The van der Waals surface area contributed by atoms with Crippen molar-refractivity contribution in [1.29, 1.82) is 0 Å². The lowest BCUT2D eigenvalue weighted by Crippen LogP contribution is -2.24. The van der Waals surface area contributed by atoms with Crippen LogP contribution in [0.15, 0.2) is 29.2 Å². The molecule has 20 heavy (non-hydrogen) atoms. The van der Waals surface area contributed by atoms with Crippen LogP contribution in [0.2, 0.25) is 0 Å². The molecule has 0 bridgehead atoms. The Morgan fingerprint density at radius 2 is 1.90 bits per heavy atom. The Balaban J connectivity index is 2.95. The second-order valence-corrected chi connectivity index (χ2v) is 7.39. The number of halogens is 3. The lowest BCUT2D eigenvalue weighted by atomic mass is 10.3. The van der Waals surface area contributed by atoms with E-state index >= 15 is 0 Å². The van der Waals surface area contributed by atoms with Gasteiger partial charge < -0.3 is 5.32 Å². The third kappa shape index (κ3) is 4.05. The number of sulfone groups is 1. The van der Waals surface area contributed by atoms with E-state index in [0.717, 1.165) is 12.5 Å². The molecular weight excluding hydrogens is 311 g/mol. The Hall–Kier alpha value is -0.890. The lowest BCUT2D eigenvalue weighted by molar-refractivity contribution is -0.0435. The van der Waals surface area contributed by atoms with Gasteiger partial charge in [0.15, 0.2) is 0 Å². The molecule has 1 atom stereocenters. The van der Waals surface area contributed by atoms with Gasteiger partial charge in [-0.1, -0.05) is 19.1 Å². The van der Waals surface area contributed by atoms with Crippen LogP contribution < -0.4 is 5.32 Å². The fraction of sp³-hybridized carbons (Fsp3) is 0.500. The van der Waals surface area contributed by atoms with Gasteiger partial charge in [-0.05, 0) is 24.8 Å². The predicted octanol–water partition coefficient (Wildman–Crippen LogP) is 3.53. The van der Waals surface area contributed by atoms with E-state index in [2.05, 4.69) is 5.32 Å². The molecule has 1 aromatic carbocycles. The van der Waals surface area contributed by atoms with E-state index in [4.69, 9.17) is 0 Å². The van der Waals surface area contributed by atoms with E-state index in [-0.39, 0.29) is 5.69 Å². The summed E-state index contributed by atoms with van der Waals surface area (Å²) in [6.07, 6.45) is 2.66. The Bertz CT molecular complexity index is 544. The van der Waals surface area contributed by atoms with Gasteiger partial charge in [0, 0.05) is 11.8 Å². The fourth-order valence-electron chi connectivity index (χ4n) is 1.50. The van der Waals surface area contributed by atoms with E-state index in [9.17, 15) is 21.6 Å². The molecule has 0 saturated heterocycles. The van der Waals surface area contributed by atoms with Crippen LogP contribution in [0.3, 0.4) is 0 Å². The highest BCUT2D eigenvalue weighted by atomic mass is 32.2. The first-order valence-electron chi connectivity index (χ1n) is 5.87. The first-order valence-corrected chi connectivity index (χ1v) is 8.64. The summed E-state index contributed by atoms with van der Waals surface area (Å²) in [7, 11) is -5.33. The van der Waals surface area contributed by atoms with Crippen LogP contribution >= 0.6 is 11.8 Å². The van der Waals surface area contributed by atoms with E-state index in [1.807, 2.05) is 13.2 Å². The molecule has 0 aliphatic rings. The molecular formula is C12H16F3NO2S2. The van der Waals surface area contributed by atoms with Gasteiger partial charge >= 0.3 is 5.51 Å². The Morgan fingerprint density at radius 1 is 1.30 bits per heavy atom. The van der Waals surface area contributed by atoms with E-state index in [0.29, 0.717) is 11.8 Å². The first kappa shape index (κ1) is 17.2. The van der Waals surface area contributed by atoms with Gasteiger partial charge in [0.1, 0.15) is 0 Å². The van der Waals surface area contributed by atoms with Crippen molar-refractivity contribution in [1.82, 2.24) is 0 Å². The molecule has 0 heterocycles. The highest BCUT2D eigenvalue weighted by molar-refractivity contribution is 7.99. The minimum Gasteiger partial charge on any atom is -0.384 e. The van der Waals surface area contributed by atoms with Crippen molar-refractivity contribution in [2.75, 3.05) is 18.1 Å². The fourth-order valence-corrected chi connectivity index (χ4v) is 2.79. The second kappa shape index (κ2) is 6.71. The predicted molar refractivity (Wildman–Crippen MR) is 75.8 cm³/mol. The van der Waals surface area contributed by atoms with E-state index in [1.165, 1.54) is 18.2 Å². The smallest absolute Gasteiger partial charge is 0.384 e. The standard InChI is InChI=1S/C12H16F3NO2S2/c1-9(19-2)7-8-16-10-5-3-4-6-11(10)20(17,18)12(13,14)15/h3-6,9,16H,7-8H2,1-2H3. The summed E-state index contributed by atoms with van der Waals surface area (Å²) in [5.41, 5.74) is -5.31. The Morgan fingerprint density at radius 3 is 2.45 bits per heavy atom. The van der Waals surface area contributed by atoms with Crippen LogP contribution in [0.25, 0.3) is 0 Å². The summed E-state index contributed by atoms with van der Waals surface area (Å²) in [5, 5.41) is 3.11. The molecule has 114 valence electrons. The molecule has 1 unspecified atom stereocenters. The Labute approximate surface area is 120 Å². The van der Waals surface area contributed by atoms with Crippen LogP contribution in [0.1, 0.15) is 13.3 Å². The zero-order valence-corrected chi connectivity index (χ0v) is 12.7. The van der Waals surface area contributed by atoms with Gasteiger partial charge in [-0.3, -0.25) is 0 Å². The van der Waals surface area contributed by atoms with Crippen molar-refractivity contribution in [3.8, 4) is 0 Å². The van der Waals surface area contributed by atoms with Gasteiger partial charge in [-0.15, -0.1) is 0 Å². The summed E-state index contributed by atoms with van der Waals surface area (Å²) in [6.45, 7) is 2.40. The molecule has 1 rings (SSSR count). The molecule has 8 heteroatoms. The summed E-state index contributed by atoms with van der Waals surface area (Å²) < 4.78 is 60.7. The summed E-state index contributed by atoms with van der Waals surface area (Å²) in [6, 6.07) is 5.07. The van der Waals surface area contributed by atoms with Crippen molar-refractivity contribution in [3.05, 3.63) is 24.3 Å². The maximum Gasteiger partial charge on any atom is 0.501 e. The number of hydrogen-bond donors (Lipinski definition) is 1. The van der Waals surface area contributed by atoms with E-state index in [1.54, 1.807) is 11.8 Å². The quantitative estimate of drug-likeness (QED) is 0.868. The maximum atomic E-state index is 12.6. The molecule has 0 spiro atoms. The van der Waals surface area contributed by atoms with Crippen LogP contribution in [0.4, 0.5) is 18.9 Å². The third-order valence-electron chi connectivity index (χ3n) is 2.75. The van der Waals surface area contributed by atoms with Crippen LogP contribution in [-0.2, 0) is 9.84 Å². The van der Waals surface area contributed by atoms with Crippen molar-refractivity contribution in [3.63, 3.8) is 0 Å². The van der Waals surface area contributed by atoms with Crippen molar-refractivity contribution in [2.45, 2.75) is 29.0 Å². The summed E-state index contributed by atoms with van der Waals surface area (Å²) >= 11 is 1.64. The average Bonchev–Trinajstić information content (AvgIpc) is 2.37. The highest BCUT2D eigenvalue weighted by Crippen LogP contribution is 2.34. The second-order valence-electron chi connectivity index (χ2n) is 4.21. The highest BCUT2D eigenvalue weighted by Gasteiger charge is 2.47. The zero-order chi connectivity index (χ0) is 15.4. The van der Waals surface area contributed by atoms with Crippen molar-refractivity contribution >= 4 is 27.3 Å². The molecule has 0 aromatic heterocycles. The number of alkyl halides is 3. The summed E-state index contributed by atoms with van der Waals surface area (Å²) in [5.74, 6) is 0. The Kier molecular flexibility index (Phi) is 5.76. The largest absolute Gasteiger partial charge is 0.501 e. The van der Waals surface area contributed by atoms with Gasteiger partial charge in [0.25, 0.3) is 9.84 Å². The van der Waals surface area contributed by atoms with Gasteiger partial charge in [-0.25, -0.2) is 8.42 Å².